The quantitative estimate of drug-likeness (QED) is 0.810. The molecule has 3 heteroatoms. The fourth-order valence-corrected chi connectivity index (χ4v) is 2.32. The first-order valence-corrected chi connectivity index (χ1v) is 6.36. The van der Waals surface area contributed by atoms with Crippen molar-refractivity contribution in [2.45, 2.75) is 13.8 Å². The molecule has 2 rings (SSSR count). The molecule has 0 bridgehead atoms. The molecule has 2 nitrogen and oxygen atoms in total. The monoisotopic (exact) mass is 245 g/mol. The molecule has 0 radical (unpaired) electrons. The van der Waals surface area contributed by atoms with E-state index < -0.39 is 0 Å². The summed E-state index contributed by atoms with van der Waals surface area (Å²) in [6.45, 7) is 4.01. The van der Waals surface area contributed by atoms with Gasteiger partial charge in [-0.05, 0) is 31.5 Å². The minimum Gasteiger partial charge on any atom is -0.496 e. The van der Waals surface area contributed by atoms with Crippen LogP contribution in [0.4, 0.5) is 0 Å². The van der Waals surface area contributed by atoms with Crippen LogP contribution in [0.15, 0.2) is 29.7 Å². The fourth-order valence-electron chi connectivity index (χ4n) is 1.70. The third kappa shape index (κ3) is 2.56. The van der Waals surface area contributed by atoms with Gasteiger partial charge in [-0.1, -0.05) is 18.2 Å². The van der Waals surface area contributed by atoms with Crippen molar-refractivity contribution in [2.75, 3.05) is 7.11 Å². The Bertz CT molecular complexity index is 543. The Kier molecular flexibility index (Phi) is 3.59. The molecule has 0 fully saturated rings. The average Bonchev–Trinajstić information content (AvgIpc) is 2.76. The highest BCUT2D eigenvalue weighted by Gasteiger charge is 2.08. The molecule has 0 aliphatic heterocycles. The van der Waals surface area contributed by atoms with Crippen molar-refractivity contribution >= 4 is 17.4 Å². The fraction of sp³-hybridized carbons (Fsp3) is 0.214. The summed E-state index contributed by atoms with van der Waals surface area (Å²) in [4.78, 5) is 4.49. The number of rotatable bonds is 3. The first-order valence-electron chi connectivity index (χ1n) is 5.48. The van der Waals surface area contributed by atoms with Crippen molar-refractivity contribution < 1.29 is 4.74 Å². The van der Waals surface area contributed by atoms with Crippen LogP contribution >= 0.6 is 11.3 Å². The van der Waals surface area contributed by atoms with Crippen LogP contribution in [0.1, 0.15) is 17.5 Å². The summed E-state index contributed by atoms with van der Waals surface area (Å²) in [5.74, 6) is 0.867. The molecule has 0 saturated heterocycles. The predicted molar refractivity (Wildman–Crippen MR) is 73.5 cm³/mol. The second-order valence-electron chi connectivity index (χ2n) is 3.71. The van der Waals surface area contributed by atoms with E-state index in [4.69, 9.17) is 4.74 Å². The zero-order chi connectivity index (χ0) is 12.3. The molecule has 2 aromatic rings. The van der Waals surface area contributed by atoms with Gasteiger partial charge < -0.3 is 4.74 Å². The lowest BCUT2D eigenvalue weighted by atomic mass is 10.1. The van der Waals surface area contributed by atoms with Crippen LogP contribution in [0.2, 0.25) is 0 Å². The topological polar surface area (TPSA) is 22.1 Å². The van der Waals surface area contributed by atoms with E-state index >= 15 is 0 Å². The van der Waals surface area contributed by atoms with E-state index in [9.17, 15) is 0 Å². The maximum atomic E-state index is 5.43. The average molecular weight is 245 g/mol. The summed E-state index contributed by atoms with van der Waals surface area (Å²) in [5.41, 5.74) is 3.17. The molecular formula is C14H15NOS. The van der Waals surface area contributed by atoms with Crippen molar-refractivity contribution in [1.82, 2.24) is 4.98 Å². The molecular weight excluding hydrogens is 230 g/mol. The normalized spacial score (nSPS) is 11.0. The summed E-state index contributed by atoms with van der Waals surface area (Å²) >= 11 is 1.65. The smallest absolute Gasteiger partial charge is 0.128 e. The minimum atomic E-state index is 0.867. The molecule has 17 heavy (non-hydrogen) atoms. The number of thiazole rings is 1. The van der Waals surface area contributed by atoms with Crippen molar-refractivity contribution in [1.29, 1.82) is 0 Å². The number of methoxy groups -OCH3 is 1. The van der Waals surface area contributed by atoms with Crippen molar-refractivity contribution in [3.05, 3.63) is 40.2 Å². The van der Waals surface area contributed by atoms with Gasteiger partial charge in [-0.15, -0.1) is 11.3 Å². The van der Waals surface area contributed by atoms with E-state index in [1.807, 2.05) is 26.0 Å². The van der Waals surface area contributed by atoms with Crippen molar-refractivity contribution in [3.8, 4) is 17.0 Å². The van der Waals surface area contributed by atoms with Gasteiger partial charge in [-0.2, -0.15) is 0 Å². The molecule has 0 spiro atoms. The molecule has 1 aromatic heterocycles. The van der Waals surface area contributed by atoms with Gasteiger partial charge in [-0.3, -0.25) is 0 Å². The van der Waals surface area contributed by atoms with Crippen LogP contribution in [0, 0.1) is 6.92 Å². The molecule has 0 aliphatic carbocycles. The number of hydrogen-bond acceptors (Lipinski definition) is 3. The molecule has 0 unspecified atom stereocenters. The molecule has 0 N–H and O–H groups in total. The van der Waals surface area contributed by atoms with Crippen LogP contribution in [-0.2, 0) is 0 Å². The molecule has 0 amide bonds. The number of allylic oxidation sites excluding steroid dienone is 1. The van der Waals surface area contributed by atoms with Crippen LogP contribution in [0.5, 0.6) is 5.75 Å². The Hall–Kier alpha value is -1.61. The second kappa shape index (κ2) is 5.15. The molecule has 1 heterocycles. The van der Waals surface area contributed by atoms with Crippen molar-refractivity contribution in [2.24, 2.45) is 0 Å². The van der Waals surface area contributed by atoms with Crippen molar-refractivity contribution in [3.63, 3.8) is 0 Å². The first-order chi connectivity index (χ1) is 8.24. The summed E-state index contributed by atoms with van der Waals surface area (Å²) in [6.07, 6.45) is 4.07. The number of aromatic nitrogens is 1. The Balaban J connectivity index is 2.47. The molecule has 0 atom stereocenters. The maximum Gasteiger partial charge on any atom is 0.128 e. The standard InChI is InChI=1S/C14H15NOS/c1-4-5-11-6-7-12(14(8-11)16-3)13-9-17-10(2)15-13/h4-9H,1-3H3/b5-4-. The predicted octanol–water partition coefficient (Wildman–Crippen LogP) is 4.16. The van der Waals surface area contributed by atoms with E-state index in [2.05, 4.69) is 28.6 Å². The van der Waals surface area contributed by atoms with Gasteiger partial charge in [-0.25, -0.2) is 4.98 Å². The van der Waals surface area contributed by atoms with Crippen LogP contribution in [0.3, 0.4) is 0 Å². The van der Waals surface area contributed by atoms with Gasteiger partial charge in [0.05, 0.1) is 17.8 Å². The van der Waals surface area contributed by atoms with Gasteiger partial charge >= 0.3 is 0 Å². The Labute approximate surface area is 106 Å². The third-order valence-corrected chi connectivity index (χ3v) is 3.25. The Morgan fingerprint density at radius 3 is 2.76 bits per heavy atom. The Morgan fingerprint density at radius 2 is 2.18 bits per heavy atom. The second-order valence-corrected chi connectivity index (χ2v) is 4.77. The molecule has 0 aliphatic rings. The van der Waals surface area contributed by atoms with Gasteiger partial charge in [0.25, 0.3) is 0 Å². The zero-order valence-electron chi connectivity index (χ0n) is 10.2. The van der Waals surface area contributed by atoms with Gasteiger partial charge in [0.15, 0.2) is 0 Å². The highest BCUT2D eigenvalue weighted by molar-refractivity contribution is 7.09. The van der Waals surface area contributed by atoms with Gasteiger partial charge in [0, 0.05) is 10.9 Å². The SMILES string of the molecule is C/C=C\c1ccc(-c2csc(C)n2)c(OC)c1. The number of ether oxygens (including phenoxy) is 1. The largest absolute Gasteiger partial charge is 0.496 e. The number of nitrogens with zero attached hydrogens (tertiary/aromatic N) is 1. The van der Waals surface area contributed by atoms with Gasteiger partial charge in [0.2, 0.25) is 0 Å². The lowest BCUT2D eigenvalue weighted by Gasteiger charge is -2.07. The molecule has 88 valence electrons. The van der Waals surface area contributed by atoms with E-state index in [0.717, 1.165) is 27.6 Å². The summed E-state index contributed by atoms with van der Waals surface area (Å²) in [5, 5.41) is 3.13. The number of aryl methyl sites for hydroxylation is 1. The zero-order valence-corrected chi connectivity index (χ0v) is 11.0. The van der Waals surface area contributed by atoms with Crippen LogP contribution in [0.25, 0.3) is 17.3 Å². The summed E-state index contributed by atoms with van der Waals surface area (Å²) in [6, 6.07) is 6.17. The summed E-state index contributed by atoms with van der Waals surface area (Å²) < 4.78 is 5.43. The lowest BCUT2D eigenvalue weighted by Crippen LogP contribution is -1.89. The molecule has 1 aromatic carbocycles. The maximum absolute atomic E-state index is 5.43. The third-order valence-electron chi connectivity index (χ3n) is 2.48. The van der Waals surface area contributed by atoms with Crippen LogP contribution in [-0.4, -0.2) is 12.1 Å². The molecule has 0 saturated carbocycles. The minimum absolute atomic E-state index is 0.867. The van der Waals surface area contributed by atoms with E-state index in [1.165, 1.54) is 0 Å². The highest BCUT2D eigenvalue weighted by Crippen LogP contribution is 2.31. The van der Waals surface area contributed by atoms with E-state index in [0.29, 0.717) is 0 Å². The number of hydrogen-bond donors (Lipinski definition) is 0. The lowest BCUT2D eigenvalue weighted by molar-refractivity contribution is 0.416. The van der Waals surface area contributed by atoms with E-state index in [1.54, 1.807) is 18.4 Å². The number of benzene rings is 1. The summed E-state index contributed by atoms with van der Waals surface area (Å²) in [7, 11) is 1.69. The Morgan fingerprint density at radius 1 is 1.35 bits per heavy atom. The first kappa shape index (κ1) is 11.9. The van der Waals surface area contributed by atoms with Crippen LogP contribution < -0.4 is 4.74 Å². The highest BCUT2D eigenvalue weighted by atomic mass is 32.1. The van der Waals surface area contributed by atoms with Gasteiger partial charge in [0.1, 0.15) is 5.75 Å². The van der Waals surface area contributed by atoms with E-state index in [-0.39, 0.29) is 0 Å².